The molecule has 7 heteroatoms. The summed E-state index contributed by atoms with van der Waals surface area (Å²) in [6.07, 6.45) is 0.871. The molecule has 112 valence electrons. The van der Waals surface area contributed by atoms with Crippen molar-refractivity contribution >= 4 is 29.2 Å². The molecule has 21 heavy (non-hydrogen) atoms. The van der Waals surface area contributed by atoms with Gasteiger partial charge in [0.15, 0.2) is 5.82 Å². The van der Waals surface area contributed by atoms with E-state index in [2.05, 4.69) is 20.3 Å². The molecule has 1 heterocycles. The molecule has 0 radical (unpaired) electrons. The van der Waals surface area contributed by atoms with Gasteiger partial charge in [0, 0.05) is 17.1 Å². The summed E-state index contributed by atoms with van der Waals surface area (Å²) in [5, 5.41) is 4.14. The summed E-state index contributed by atoms with van der Waals surface area (Å²) in [4.78, 5) is 12.9. The van der Waals surface area contributed by atoms with Gasteiger partial charge in [0.2, 0.25) is 5.95 Å². The molecule has 0 saturated carbocycles. The third-order valence-corrected chi connectivity index (χ3v) is 3.12. The SMILES string of the molecule is CCCOc1nc(NCC)nc(-c2cc(Cl)ccc2Cl)n1. The molecule has 1 aromatic carbocycles. The van der Waals surface area contributed by atoms with E-state index in [0.29, 0.717) is 40.5 Å². The zero-order chi connectivity index (χ0) is 15.2. The summed E-state index contributed by atoms with van der Waals surface area (Å²) in [5.41, 5.74) is 0.645. The highest BCUT2D eigenvalue weighted by Gasteiger charge is 2.12. The third-order valence-electron chi connectivity index (χ3n) is 2.55. The van der Waals surface area contributed by atoms with Crippen molar-refractivity contribution in [3.05, 3.63) is 28.2 Å². The first-order valence-corrected chi connectivity index (χ1v) is 7.47. The maximum Gasteiger partial charge on any atom is 0.321 e. The van der Waals surface area contributed by atoms with Gasteiger partial charge in [-0.15, -0.1) is 0 Å². The predicted molar refractivity (Wildman–Crippen MR) is 85.2 cm³/mol. The number of halogens is 2. The molecule has 0 aliphatic heterocycles. The molecule has 2 rings (SSSR count). The van der Waals surface area contributed by atoms with Gasteiger partial charge < -0.3 is 10.1 Å². The first-order chi connectivity index (χ1) is 10.1. The molecule has 0 aliphatic carbocycles. The minimum atomic E-state index is 0.272. The van der Waals surface area contributed by atoms with E-state index in [1.54, 1.807) is 18.2 Å². The number of hydrogen-bond acceptors (Lipinski definition) is 5. The van der Waals surface area contributed by atoms with Crippen molar-refractivity contribution in [2.24, 2.45) is 0 Å². The summed E-state index contributed by atoms with van der Waals surface area (Å²) in [6, 6.07) is 5.42. The van der Waals surface area contributed by atoms with Crippen LogP contribution in [0.2, 0.25) is 10.0 Å². The summed E-state index contributed by atoms with van der Waals surface area (Å²) in [5.74, 6) is 0.879. The van der Waals surface area contributed by atoms with Crippen LogP contribution in [0.15, 0.2) is 18.2 Å². The van der Waals surface area contributed by atoms with Gasteiger partial charge in [0.05, 0.1) is 11.6 Å². The molecule has 5 nitrogen and oxygen atoms in total. The second kappa shape index (κ2) is 7.43. The first-order valence-electron chi connectivity index (χ1n) is 6.72. The van der Waals surface area contributed by atoms with Crippen LogP contribution in [-0.2, 0) is 0 Å². The number of hydrogen-bond donors (Lipinski definition) is 1. The Kier molecular flexibility index (Phi) is 5.59. The normalized spacial score (nSPS) is 10.5. The minimum absolute atomic E-state index is 0.272. The van der Waals surface area contributed by atoms with Crippen LogP contribution in [0.25, 0.3) is 11.4 Å². The highest BCUT2D eigenvalue weighted by molar-refractivity contribution is 6.35. The van der Waals surface area contributed by atoms with Gasteiger partial charge in [0.25, 0.3) is 0 Å². The third kappa shape index (κ3) is 4.19. The maximum absolute atomic E-state index is 6.20. The van der Waals surface area contributed by atoms with Crippen LogP contribution < -0.4 is 10.1 Å². The van der Waals surface area contributed by atoms with Crippen LogP contribution in [-0.4, -0.2) is 28.1 Å². The minimum Gasteiger partial charge on any atom is -0.463 e. The van der Waals surface area contributed by atoms with E-state index in [-0.39, 0.29) is 6.01 Å². The number of aromatic nitrogens is 3. The van der Waals surface area contributed by atoms with Crippen LogP contribution in [0.3, 0.4) is 0 Å². The Morgan fingerprint density at radius 1 is 1.14 bits per heavy atom. The zero-order valence-electron chi connectivity index (χ0n) is 11.9. The lowest BCUT2D eigenvalue weighted by atomic mass is 10.2. The molecule has 0 unspecified atom stereocenters. The lowest BCUT2D eigenvalue weighted by molar-refractivity contribution is 0.292. The summed E-state index contributed by atoms with van der Waals surface area (Å²) in [7, 11) is 0. The van der Waals surface area contributed by atoms with Crippen molar-refractivity contribution in [2.45, 2.75) is 20.3 Å². The van der Waals surface area contributed by atoms with E-state index in [1.165, 1.54) is 0 Å². The average molecular weight is 327 g/mol. The van der Waals surface area contributed by atoms with Gasteiger partial charge in [0.1, 0.15) is 0 Å². The molecular weight excluding hydrogens is 311 g/mol. The fourth-order valence-electron chi connectivity index (χ4n) is 1.64. The molecule has 2 aromatic rings. The first kappa shape index (κ1) is 15.8. The Balaban J connectivity index is 2.45. The standard InChI is InChI=1S/C14H16Cl2N4O/c1-3-7-21-14-19-12(18-13(20-14)17-4-2)10-8-9(15)5-6-11(10)16/h5-6,8H,3-4,7H2,1-2H3,(H,17,18,19,20). The Labute approximate surface area is 133 Å². The van der Waals surface area contributed by atoms with Crippen LogP contribution in [0, 0.1) is 0 Å². The van der Waals surface area contributed by atoms with Gasteiger partial charge in [-0.05, 0) is 31.5 Å². The van der Waals surface area contributed by atoms with Crippen LogP contribution in [0.5, 0.6) is 6.01 Å². The number of ether oxygens (including phenoxy) is 1. The van der Waals surface area contributed by atoms with Crippen molar-refractivity contribution in [3.8, 4) is 17.4 Å². The number of rotatable bonds is 6. The largest absolute Gasteiger partial charge is 0.463 e. The quantitative estimate of drug-likeness (QED) is 0.867. The van der Waals surface area contributed by atoms with Crippen molar-refractivity contribution in [1.82, 2.24) is 15.0 Å². The summed E-state index contributed by atoms with van der Waals surface area (Å²) < 4.78 is 5.50. The predicted octanol–water partition coefficient (Wildman–Crippen LogP) is 4.07. The Bertz CT molecular complexity index is 622. The number of nitrogens with zero attached hydrogens (tertiary/aromatic N) is 3. The highest BCUT2D eigenvalue weighted by Crippen LogP contribution is 2.29. The van der Waals surface area contributed by atoms with Gasteiger partial charge in [-0.1, -0.05) is 30.1 Å². The fourth-order valence-corrected chi connectivity index (χ4v) is 2.02. The fraction of sp³-hybridized carbons (Fsp3) is 0.357. The molecule has 0 spiro atoms. The monoisotopic (exact) mass is 326 g/mol. The Morgan fingerprint density at radius 3 is 2.67 bits per heavy atom. The molecule has 1 aromatic heterocycles. The van der Waals surface area contributed by atoms with Gasteiger partial charge >= 0.3 is 6.01 Å². The van der Waals surface area contributed by atoms with Gasteiger partial charge in [-0.2, -0.15) is 15.0 Å². The van der Waals surface area contributed by atoms with E-state index in [4.69, 9.17) is 27.9 Å². The van der Waals surface area contributed by atoms with E-state index in [1.807, 2.05) is 13.8 Å². The second-order valence-electron chi connectivity index (χ2n) is 4.27. The van der Waals surface area contributed by atoms with Crippen molar-refractivity contribution in [1.29, 1.82) is 0 Å². The van der Waals surface area contributed by atoms with Crippen molar-refractivity contribution in [2.75, 3.05) is 18.5 Å². The van der Waals surface area contributed by atoms with Crippen molar-refractivity contribution < 1.29 is 4.74 Å². The van der Waals surface area contributed by atoms with Gasteiger partial charge in [-0.3, -0.25) is 0 Å². The van der Waals surface area contributed by atoms with Crippen LogP contribution in [0.1, 0.15) is 20.3 Å². The molecule has 1 N–H and O–H groups in total. The number of nitrogens with one attached hydrogen (secondary N) is 1. The summed E-state index contributed by atoms with van der Waals surface area (Å²) >= 11 is 12.2. The maximum atomic E-state index is 6.20. The van der Waals surface area contributed by atoms with Gasteiger partial charge in [-0.25, -0.2) is 0 Å². The molecule has 0 fully saturated rings. The molecule has 0 bridgehead atoms. The molecule has 0 atom stereocenters. The van der Waals surface area contributed by atoms with Crippen molar-refractivity contribution in [3.63, 3.8) is 0 Å². The Hall–Kier alpha value is -1.59. The molecule has 0 amide bonds. The van der Waals surface area contributed by atoms with E-state index in [9.17, 15) is 0 Å². The highest BCUT2D eigenvalue weighted by atomic mass is 35.5. The average Bonchev–Trinajstić information content (AvgIpc) is 2.48. The topological polar surface area (TPSA) is 59.9 Å². The van der Waals surface area contributed by atoms with E-state index >= 15 is 0 Å². The molecule has 0 saturated heterocycles. The lowest BCUT2D eigenvalue weighted by Crippen LogP contribution is -2.08. The van der Waals surface area contributed by atoms with E-state index in [0.717, 1.165) is 6.42 Å². The smallest absolute Gasteiger partial charge is 0.321 e. The molecular formula is C14H16Cl2N4O. The molecule has 0 aliphatic rings. The Morgan fingerprint density at radius 2 is 1.95 bits per heavy atom. The summed E-state index contributed by atoms with van der Waals surface area (Å²) in [6.45, 7) is 5.21. The zero-order valence-corrected chi connectivity index (χ0v) is 13.4. The van der Waals surface area contributed by atoms with Crippen LogP contribution >= 0.6 is 23.2 Å². The number of benzene rings is 1. The number of anilines is 1. The second-order valence-corrected chi connectivity index (χ2v) is 5.11. The lowest BCUT2D eigenvalue weighted by Gasteiger charge is -2.09. The van der Waals surface area contributed by atoms with E-state index < -0.39 is 0 Å². The van der Waals surface area contributed by atoms with Crippen LogP contribution in [0.4, 0.5) is 5.95 Å².